The molecule has 1 aromatic rings. The van der Waals surface area contributed by atoms with Gasteiger partial charge < -0.3 is 10.2 Å². The second kappa shape index (κ2) is 3.95. The quantitative estimate of drug-likeness (QED) is 0.826. The van der Waals surface area contributed by atoms with Crippen LogP contribution in [0.1, 0.15) is 25.0 Å². The van der Waals surface area contributed by atoms with Crippen molar-refractivity contribution in [1.82, 2.24) is 4.98 Å². The van der Waals surface area contributed by atoms with E-state index in [1.54, 1.807) is 0 Å². The molecule has 2 heterocycles. The Morgan fingerprint density at radius 2 is 2.57 bits per heavy atom. The molecule has 1 atom stereocenters. The van der Waals surface area contributed by atoms with E-state index in [2.05, 4.69) is 11.9 Å². The standard InChI is InChI=1S/C10H16N2OS/c1-10(3-5-14-7-10)9-12-6-8(13-9)2-4-11/h6H,2-5,7,11H2,1H3. The van der Waals surface area contributed by atoms with Crippen LogP contribution in [0.5, 0.6) is 0 Å². The maximum absolute atomic E-state index is 5.71. The minimum atomic E-state index is 0.150. The van der Waals surface area contributed by atoms with E-state index >= 15 is 0 Å². The second-order valence-corrected chi connectivity index (χ2v) is 5.14. The molecule has 1 aliphatic rings. The normalized spacial score (nSPS) is 27.0. The monoisotopic (exact) mass is 212 g/mol. The summed E-state index contributed by atoms with van der Waals surface area (Å²) in [6.07, 6.45) is 3.77. The average molecular weight is 212 g/mol. The van der Waals surface area contributed by atoms with Crippen LogP contribution in [0.4, 0.5) is 0 Å². The first-order valence-corrected chi connectivity index (χ1v) is 6.13. The Bertz CT molecular complexity index is 305. The lowest BCUT2D eigenvalue weighted by atomic mass is 9.90. The topological polar surface area (TPSA) is 52.0 Å². The summed E-state index contributed by atoms with van der Waals surface area (Å²) in [5.41, 5.74) is 5.61. The molecule has 1 aliphatic heterocycles. The van der Waals surface area contributed by atoms with Gasteiger partial charge in [-0.3, -0.25) is 0 Å². The second-order valence-electron chi connectivity index (χ2n) is 4.03. The SMILES string of the molecule is CC1(c2ncc(CCN)o2)CCSC1. The predicted molar refractivity (Wildman–Crippen MR) is 58.6 cm³/mol. The van der Waals surface area contributed by atoms with Gasteiger partial charge in [0.1, 0.15) is 5.76 Å². The molecule has 1 unspecified atom stereocenters. The van der Waals surface area contributed by atoms with E-state index in [1.165, 1.54) is 12.2 Å². The van der Waals surface area contributed by atoms with Crippen molar-refractivity contribution in [2.45, 2.75) is 25.2 Å². The summed E-state index contributed by atoms with van der Waals surface area (Å²) >= 11 is 1.97. The fourth-order valence-corrected chi connectivity index (χ4v) is 3.14. The van der Waals surface area contributed by atoms with Crippen molar-refractivity contribution in [1.29, 1.82) is 0 Å². The molecule has 1 aromatic heterocycles. The molecule has 1 fully saturated rings. The van der Waals surface area contributed by atoms with Gasteiger partial charge in [-0.05, 0) is 18.7 Å². The third-order valence-electron chi connectivity index (χ3n) is 2.68. The molecule has 4 heteroatoms. The number of aromatic nitrogens is 1. The minimum absolute atomic E-state index is 0.150. The van der Waals surface area contributed by atoms with Crippen LogP contribution < -0.4 is 5.73 Å². The predicted octanol–water partition coefficient (Wildman–Crippen LogP) is 1.57. The van der Waals surface area contributed by atoms with Gasteiger partial charge in [0.05, 0.1) is 11.6 Å². The van der Waals surface area contributed by atoms with Gasteiger partial charge in [-0.15, -0.1) is 0 Å². The van der Waals surface area contributed by atoms with Gasteiger partial charge >= 0.3 is 0 Å². The van der Waals surface area contributed by atoms with E-state index in [4.69, 9.17) is 10.2 Å². The Kier molecular flexibility index (Phi) is 2.83. The highest BCUT2D eigenvalue weighted by molar-refractivity contribution is 7.99. The third kappa shape index (κ3) is 1.81. The van der Waals surface area contributed by atoms with Crippen molar-refractivity contribution in [3.63, 3.8) is 0 Å². The molecule has 2 N–H and O–H groups in total. The fourth-order valence-electron chi connectivity index (χ4n) is 1.68. The van der Waals surface area contributed by atoms with E-state index in [0.717, 1.165) is 23.8 Å². The summed E-state index contributed by atoms with van der Waals surface area (Å²) in [6, 6.07) is 0. The number of nitrogens with zero attached hydrogens (tertiary/aromatic N) is 1. The van der Waals surface area contributed by atoms with Gasteiger partial charge in [-0.2, -0.15) is 11.8 Å². The molecule has 14 heavy (non-hydrogen) atoms. The maximum Gasteiger partial charge on any atom is 0.201 e. The summed E-state index contributed by atoms with van der Waals surface area (Å²) < 4.78 is 5.71. The maximum atomic E-state index is 5.71. The van der Waals surface area contributed by atoms with E-state index in [0.29, 0.717) is 6.54 Å². The molecule has 1 saturated heterocycles. The fraction of sp³-hybridized carbons (Fsp3) is 0.700. The molecule has 0 aliphatic carbocycles. The molecule has 2 rings (SSSR count). The van der Waals surface area contributed by atoms with Crippen molar-refractivity contribution >= 4 is 11.8 Å². The van der Waals surface area contributed by atoms with Crippen LogP contribution >= 0.6 is 11.8 Å². The number of hydrogen-bond acceptors (Lipinski definition) is 4. The number of oxazole rings is 1. The van der Waals surface area contributed by atoms with Crippen molar-refractivity contribution in [3.05, 3.63) is 17.8 Å². The van der Waals surface area contributed by atoms with Crippen LogP contribution in [0.2, 0.25) is 0 Å². The zero-order valence-corrected chi connectivity index (χ0v) is 9.27. The molecular formula is C10H16N2OS. The van der Waals surface area contributed by atoms with Crippen molar-refractivity contribution in [2.24, 2.45) is 5.73 Å². The first kappa shape index (κ1) is 10.1. The van der Waals surface area contributed by atoms with Crippen LogP contribution in [0.3, 0.4) is 0 Å². The molecule has 0 radical (unpaired) electrons. The summed E-state index contributed by atoms with van der Waals surface area (Å²) in [5, 5.41) is 0. The first-order valence-electron chi connectivity index (χ1n) is 4.97. The molecule has 3 nitrogen and oxygen atoms in total. The first-order chi connectivity index (χ1) is 6.74. The van der Waals surface area contributed by atoms with Gasteiger partial charge in [0, 0.05) is 12.2 Å². The van der Waals surface area contributed by atoms with E-state index in [1.807, 2.05) is 18.0 Å². The lowest BCUT2D eigenvalue weighted by Crippen LogP contribution is -2.21. The van der Waals surface area contributed by atoms with Crippen molar-refractivity contribution in [2.75, 3.05) is 18.1 Å². The Labute approximate surface area is 88.5 Å². The molecule has 0 saturated carbocycles. The zero-order chi connectivity index (χ0) is 10.0. The Balaban J connectivity index is 2.15. The lowest BCUT2D eigenvalue weighted by Gasteiger charge is -2.17. The summed E-state index contributed by atoms with van der Waals surface area (Å²) in [6.45, 7) is 2.85. The van der Waals surface area contributed by atoms with Crippen LogP contribution in [0.25, 0.3) is 0 Å². The smallest absolute Gasteiger partial charge is 0.201 e. The zero-order valence-electron chi connectivity index (χ0n) is 8.45. The largest absolute Gasteiger partial charge is 0.445 e. The van der Waals surface area contributed by atoms with Crippen molar-refractivity contribution < 1.29 is 4.42 Å². The van der Waals surface area contributed by atoms with Gasteiger partial charge in [-0.25, -0.2) is 4.98 Å². The highest BCUT2D eigenvalue weighted by Crippen LogP contribution is 2.38. The van der Waals surface area contributed by atoms with Crippen LogP contribution in [-0.4, -0.2) is 23.0 Å². The molecule has 78 valence electrons. The summed E-state index contributed by atoms with van der Waals surface area (Å²) in [5.74, 6) is 4.15. The van der Waals surface area contributed by atoms with Crippen LogP contribution in [-0.2, 0) is 11.8 Å². The molecule has 0 bridgehead atoms. The highest BCUT2D eigenvalue weighted by Gasteiger charge is 2.35. The Morgan fingerprint density at radius 1 is 1.71 bits per heavy atom. The molecule has 0 amide bonds. The molecular weight excluding hydrogens is 196 g/mol. The van der Waals surface area contributed by atoms with Crippen LogP contribution in [0, 0.1) is 0 Å². The number of rotatable bonds is 3. The molecule has 0 spiro atoms. The van der Waals surface area contributed by atoms with Gasteiger partial charge in [0.15, 0.2) is 0 Å². The number of hydrogen-bond donors (Lipinski definition) is 1. The average Bonchev–Trinajstić information content (AvgIpc) is 2.75. The van der Waals surface area contributed by atoms with E-state index in [-0.39, 0.29) is 5.41 Å². The number of nitrogens with two attached hydrogens (primary N) is 1. The van der Waals surface area contributed by atoms with Crippen LogP contribution in [0.15, 0.2) is 10.6 Å². The van der Waals surface area contributed by atoms with Gasteiger partial charge in [-0.1, -0.05) is 6.92 Å². The highest BCUT2D eigenvalue weighted by atomic mass is 32.2. The van der Waals surface area contributed by atoms with E-state index in [9.17, 15) is 0 Å². The minimum Gasteiger partial charge on any atom is -0.445 e. The molecule has 0 aromatic carbocycles. The third-order valence-corrected chi connectivity index (χ3v) is 4.01. The summed E-state index contributed by atoms with van der Waals surface area (Å²) in [4.78, 5) is 4.35. The lowest BCUT2D eigenvalue weighted by molar-refractivity contribution is 0.358. The van der Waals surface area contributed by atoms with Crippen molar-refractivity contribution in [3.8, 4) is 0 Å². The van der Waals surface area contributed by atoms with E-state index < -0.39 is 0 Å². The Hall–Kier alpha value is -0.480. The Morgan fingerprint density at radius 3 is 3.21 bits per heavy atom. The number of thioether (sulfide) groups is 1. The summed E-state index contributed by atoms with van der Waals surface area (Å²) in [7, 11) is 0. The van der Waals surface area contributed by atoms with Gasteiger partial charge in [0.2, 0.25) is 5.89 Å². The van der Waals surface area contributed by atoms with Gasteiger partial charge in [0.25, 0.3) is 0 Å².